The third-order valence-electron chi connectivity index (χ3n) is 4.62. The lowest BCUT2D eigenvalue weighted by Gasteiger charge is -2.23. The minimum Gasteiger partial charge on any atom is -0.381 e. The van der Waals surface area contributed by atoms with Gasteiger partial charge in [-0.3, -0.25) is 0 Å². The maximum Gasteiger partial charge on any atom is 0.133 e. The molecule has 1 aromatic heterocycles. The predicted octanol–water partition coefficient (Wildman–Crippen LogP) is 3.14. The Morgan fingerprint density at radius 2 is 2.24 bits per heavy atom. The van der Waals surface area contributed by atoms with Gasteiger partial charge in [-0.2, -0.15) is 0 Å². The van der Waals surface area contributed by atoms with Crippen molar-refractivity contribution in [1.82, 2.24) is 15.3 Å². The lowest BCUT2D eigenvalue weighted by molar-refractivity contribution is 0.0779. The first-order chi connectivity index (χ1) is 10.4. The van der Waals surface area contributed by atoms with E-state index in [2.05, 4.69) is 23.4 Å². The zero-order chi connectivity index (χ0) is 14.5. The van der Waals surface area contributed by atoms with Crippen molar-refractivity contribution in [2.24, 2.45) is 0 Å². The number of nitrogens with zero attached hydrogens (tertiary/aromatic N) is 2. The molecule has 116 valence electrons. The molecule has 2 heterocycles. The van der Waals surface area contributed by atoms with Gasteiger partial charge in [0.15, 0.2) is 0 Å². The number of fused-ring (bicyclic) bond motifs is 1. The number of aryl methyl sites for hydroxylation is 1. The monoisotopic (exact) mass is 289 g/mol. The normalized spacial score (nSPS) is 26.1. The summed E-state index contributed by atoms with van der Waals surface area (Å²) in [7, 11) is 0. The van der Waals surface area contributed by atoms with Crippen molar-refractivity contribution in [3.63, 3.8) is 0 Å². The van der Waals surface area contributed by atoms with Crippen molar-refractivity contribution in [3.8, 4) is 0 Å². The van der Waals surface area contributed by atoms with Crippen LogP contribution in [0.15, 0.2) is 6.20 Å². The summed E-state index contributed by atoms with van der Waals surface area (Å²) in [5.74, 6) is 1.40. The van der Waals surface area contributed by atoms with Crippen LogP contribution in [0.5, 0.6) is 0 Å². The van der Waals surface area contributed by atoms with Gasteiger partial charge in [0.05, 0.1) is 6.61 Å². The second-order valence-corrected chi connectivity index (χ2v) is 6.30. The van der Waals surface area contributed by atoms with Crippen LogP contribution < -0.4 is 5.32 Å². The van der Waals surface area contributed by atoms with E-state index in [-0.39, 0.29) is 0 Å². The average Bonchev–Trinajstić information content (AvgIpc) is 2.75. The summed E-state index contributed by atoms with van der Waals surface area (Å²) < 4.78 is 5.59. The average molecular weight is 289 g/mol. The molecule has 2 aliphatic rings. The number of ether oxygens (including phenoxy) is 1. The molecule has 1 aliphatic heterocycles. The van der Waals surface area contributed by atoms with E-state index in [1.165, 1.54) is 36.9 Å². The summed E-state index contributed by atoms with van der Waals surface area (Å²) in [5.41, 5.74) is 2.61. The largest absolute Gasteiger partial charge is 0.381 e. The SMILES string of the molecule is CCCNC1CCCCc2nc(C3CCCOC3)ncc21. The Labute approximate surface area is 127 Å². The van der Waals surface area contributed by atoms with Gasteiger partial charge in [-0.25, -0.2) is 9.97 Å². The van der Waals surface area contributed by atoms with Crippen LogP contribution in [0.4, 0.5) is 0 Å². The molecule has 1 N–H and O–H groups in total. The van der Waals surface area contributed by atoms with Gasteiger partial charge in [-0.1, -0.05) is 13.3 Å². The summed E-state index contributed by atoms with van der Waals surface area (Å²) in [6.45, 7) is 4.97. The highest BCUT2D eigenvalue weighted by molar-refractivity contribution is 5.24. The van der Waals surface area contributed by atoms with Crippen LogP contribution >= 0.6 is 0 Å². The van der Waals surface area contributed by atoms with Gasteiger partial charge in [-0.15, -0.1) is 0 Å². The number of hydrogen-bond acceptors (Lipinski definition) is 4. The smallest absolute Gasteiger partial charge is 0.133 e. The summed E-state index contributed by atoms with van der Waals surface area (Å²) >= 11 is 0. The first kappa shape index (κ1) is 14.9. The molecule has 0 aromatic carbocycles. The predicted molar refractivity (Wildman–Crippen MR) is 83.4 cm³/mol. The lowest BCUT2D eigenvalue weighted by Crippen LogP contribution is -2.24. The van der Waals surface area contributed by atoms with Crippen LogP contribution in [-0.4, -0.2) is 29.7 Å². The first-order valence-corrected chi connectivity index (χ1v) is 8.55. The Hall–Kier alpha value is -1.00. The highest BCUT2D eigenvalue weighted by Gasteiger charge is 2.23. The third-order valence-corrected chi connectivity index (χ3v) is 4.62. The van der Waals surface area contributed by atoms with Gasteiger partial charge in [0, 0.05) is 36.0 Å². The molecule has 1 aromatic rings. The van der Waals surface area contributed by atoms with Crippen LogP contribution in [0, 0.1) is 0 Å². The van der Waals surface area contributed by atoms with Crippen LogP contribution in [0.25, 0.3) is 0 Å². The molecule has 2 atom stereocenters. The van der Waals surface area contributed by atoms with E-state index in [9.17, 15) is 0 Å². The molecule has 3 rings (SSSR count). The fraction of sp³-hybridized carbons (Fsp3) is 0.765. The molecular formula is C17H27N3O. The van der Waals surface area contributed by atoms with Gasteiger partial charge in [0.2, 0.25) is 0 Å². The van der Waals surface area contributed by atoms with Crippen molar-refractivity contribution in [1.29, 1.82) is 0 Å². The number of rotatable bonds is 4. The third kappa shape index (κ3) is 3.61. The molecule has 0 amide bonds. The second kappa shape index (κ2) is 7.32. The van der Waals surface area contributed by atoms with E-state index in [1.54, 1.807) is 0 Å². The van der Waals surface area contributed by atoms with E-state index in [1.807, 2.05) is 0 Å². The quantitative estimate of drug-likeness (QED) is 0.865. The molecule has 4 nitrogen and oxygen atoms in total. The topological polar surface area (TPSA) is 47.0 Å². The summed E-state index contributed by atoms with van der Waals surface area (Å²) in [6.07, 6.45) is 10.4. The minimum atomic E-state index is 0.398. The van der Waals surface area contributed by atoms with E-state index >= 15 is 0 Å². The van der Waals surface area contributed by atoms with Crippen molar-refractivity contribution in [2.75, 3.05) is 19.8 Å². The molecular weight excluding hydrogens is 262 g/mol. The number of hydrogen-bond donors (Lipinski definition) is 1. The van der Waals surface area contributed by atoms with Gasteiger partial charge >= 0.3 is 0 Å². The minimum absolute atomic E-state index is 0.398. The Balaban J connectivity index is 1.80. The maximum atomic E-state index is 5.59. The van der Waals surface area contributed by atoms with Crippen molar-refractivity contribution >= 4 is 0 Å². The molecule has 1 aliphatic carbocycles. The van der Waals surface area contributed by atoms with E-state index in [4.69, 9.17) is 9.72 Å². The second-order valence-electron chi connectivity index (χ2n) is 6.30. The Morgan fingerprint density at radius 1 is 1.29 bits per heavy atom. The molecule has 1 saturated heterocycles. The van der Waals surface area contributed by atoms with Crippen LogP contribution in [0.3, 0.4) is 0 Å². The zero-order valence-electron chi connectivity index (χ0n) is 13.1. The Morgan fingerprint density at radius 3 is 3.05 bits per heavy atom. The molecule has 21 heavy (non-hydrogen) atoms. The van der Waals surface area contributed by atoms with Gasteiger partial charge in [0.1, 0.15) is 5.82 Å². The standard InChI is InChI=1S/C17H27N3O/c1-2-9-18-15-7-3-4-8-16-14(15)11-19-17(20-16)13-6-5-10-21-12-13/h11,13,15,18H,2-10,12H2,1H3. The summed E-state index contributed by atoms with van der Waals surface area (Å²) in [5, 5.41) is 3.66. The molecule has 4 heteroatoms. The molecule has 0 radical (unpaired) electrons. The van der Waals surface area contributed by atoms with Gasteiger partial charge in [0.25, 0.3) is 0 Å². The van der Waals surface area contributed by atoms with Crippen LogP contribution in [-0.2, 0) is 11.2 Å². The van der Waals surface area contributed by atoms with Crippen molar-refractivity contribution in [3.05, 3.63) is 23.3 Å². The van der Waals surface area contributed by atoms with Crippen molar-refractivity contribution in [2.45, 2.75) is 63.8 Å². The maximum absolute atomic E-state index is 5.59. The highest BCUT2D eigenvalue weighted by Crippen LogP contribution is 2.29. The molecule has 0 spiro atoms. The summed E-state index contributed by atoms with van der Waals surface area (Å²) in [4.78, 5) is 9.61. The van der Waals surface area contributed by atoms with E-state index < -0.39 is 0 Å². The van der Waals surface area contributed by atoms with Gasteiger partial charge in [-0.05, 0) is 45.1 Å². The van der Waals surface area contributed by atoms with E-state index in [0.29, 0.717) is 12.0 Å². The zero-order valence-corrected chi connectivity index (χ0v) is 13.1. The fourth-order valence-corrected chi connectivity index (χ4v) is 3.40. The Bertz CT molecular complexity index is 457. The molecule has 1 fully saturated rings. The van der Waals surface area contributed by atoms with E-state index in [0.717, 1.165) is 44.8 Å². The number of aromatic nitrogens is 2. The molecule has 0 saturated carbocycles. The van der Waals surface area contributed by atoms with Crippen LogP contribution in [0.2, 0.25) is 0 Å². The first-order valence-electron chi connectivity index (χ1n) is 8.55. The van der Waals surface area contributed by atoms with Crippen molar-refractivity contribution < 1.29 is 4.74 Å². The summed E-state index contributed by atoms with van der Waals surface area (Å²) in [6, 6.07) is 0.444. The van der Waals surface area contributed by atoms with Gasteiger partial charge < -0.3 is 10.1 Å². The fourth-order valence-electron chi connectivity index (χ4n) is 3.40. The highest BCUT2D eigenvalue weighted by atomic mass is 16.5. The Kier molecular flexibility index (Phi) is 5.20. The van der Waals surface area contributed by atoms with Crippen LogP contribution in [0.1, 0.15) is 74.5 Å². The number of nitrogens with one attached hydrogen (secondary N) is 1. The molecule has 2 unspecified atom stereocenters. The molecule has 0 bridgehead atoms. The lowest BCUT2D eigenvalue weighted by atomic mass is 10.00.